The molecule has 92 valence electrons. The minimum Gasteiger partial charge on any atom is -0.480 e. The molecule has 5 N–H and O–H groups in total. The molecule has 7 heteroatoms. The van der Waals surface area contributed by atoms with Crippen LogP contribution in [0.15, 0.2) is 0 Å². The van der Waals surface area contributed by atoms with Crippen LogP contribution in [0.4, 0.5) is 0 Å². The van der Waals surface area contributed by atoms with Crippen molar-refractivity contribution in [3.05, 3.63) is 0 Å². The summed E-state index contributed by atoms with van der Waals surface area (Å²) in [5.41, 5.74) is -0.666. The molecule has 1 heterocycles. The van der Waals surface area contributed by atoms with Crippen LogP contribution in [0.1, 0.15) is 19.3 Å². The number of aliphatic carboxylic acids is 1. The third-order valence-corrected chi connectivity index (χ3v) is 3.28. The predicted molar refractivity (Wildman–Crippen MR) is 57.8 cm³/mol. The fraction of sp³-hybridized carbons (Fsp3) is 0.889. The first kappa shape index (κ1) is 13.4. The van der Waals surface area contributed by atoms with Gasteiger partial charge in [0.1, 0.15) is 6.04 Å². The highest BCUT2D eigenvalue weighted by atomic mass is 16.4. The number of hydrogen-bond acceptors (Lipinski definition) is 5. The molecule has 6 nitrogen and oxygen atoms in total. The summed E-state index contributed by atoms with van der Waals surface area (Å²) in [6.45, 7) is 0.373. The average molecular weight is 231 g/mol. The van der Waals surface area contributed by atoms with Gasteiger partial charge in [-0.05, 0) is 25.7 Å². The Bertz CT molecular complexity index is 250. The SMILES string of the molecule is O=C(O)[C@H]1NCC[C@@]1(CO)CCCB(O)O. The van der Waals surface area contributed by atoms with Crippen molar-refractivity contribution in [2.24, 2.45) is 5.41 Å². The number of carboxylic acid groups (broad SMARTS) is 1. The largest absolute Gasteiger partial charge is 0.480 e. The van der Waals surface area contributed by atoms with E-state index in [0.29, 0.717) is 25.8 Å². The molecule has 1 aliphatic rings. The highest BCUT2D eigenvalue weighted by Gasteiger charge is 2.46. The lowest BCUT2D eigenvalue weighted by atomic mass is 9.73. The molecule has 2 atom stereocenters. The standard InChI is InChI=1S/C9H18BNO5/c12-6-9(2-1-4-10(15)16)3-5-11-7(9)8(13)14/h7,11-12,15-16H,1-6H2,(H,13,14)/t7-,9-/m1/s1. The molecule has 0 unspecified atom stereocenters. The molecular formula is C9H18BNO5. The van der Waals surface area contributed by atoms with E-state index in [1.54, 1.807) is 0 Å². The van der Waals surface area contributed by atoms with Gasteiger partial charge in [0.2, 0.25) is 0 Å². The van der Waals surface area contributed by atoms with Crippen LogP contribution in [0.3, 0.4) is 0 Å². The van der Waals surface area contributed by atoms with E-state index >= 15 is 0 Å². The molecule has 1 rings (SSSR count). The first-order valence-corrected chi connectivity index (χ1v) is 5.45. The van der Waals surface area contributed by atoms with Gasteiger partial charge in [-0.25, -0.2) is 0 Å². The topological polar surface area (TPSA) is 110 Å². The third kappa shape index (κ3) is 2.94. The van der Waals surface area contributed by atoms with Crippen molar-refractivity contribution in [3.8, 4) is 0 Å². The van der Waals surface area contributed by atoms with Gasteiger partial charge in [0.25, 0.3) is 0 Å². The van der Waals surface area contributed by atoms with Crippen LogP contribution in [0.25, 0.3) is 0 Å². The Hall–Kier alpha value is -0.625. The summed E-state index contributed by atoms with van der Waals surface area (Å²) in [7, 11) is -1.37. The molecule has 0 spiro atoms. The smallest absolute Gasteiger partial charge is 0.451 e. The number of carboxylic acids is 1. The Kier molecular flexibility index (Phi) is 4.73. The van der Waals surface area contributed by atoms with Crippen molar-refractivity contribution >= 4 is 13.1 Å². The van der Waals surface area contributed by atoms with Gasteiger partial charge in [-0.3, -0.25) is 4.79 Å². The number of aliphatic hydroxyl groups is 1. The Morgan fingerprint density at radius 2 is 2.19 bits per heavy atom. The quantitative estimate of drug-likeness (QED) is 0.362. The zero-order valence-corrected chi connectivity index (χ0v) is 9.09. The lowest BCUT2D eigenvalue weighted by Crippen LogP contribution is -2.45. The van der Waals surface area contributed by atoms with E-state index in [9.17, 15) is 9.90 Å². The summed E-state index contributed by atoms with van der Waals surface area (Å²) >= 11 is 0. The van der Waals surface area contributed by atoms with E-state index in [-0.39, 0.29) is 12.9 Å². The van der Waals surface area contributed by atoms with Gasteiger partial charge in [0.15, 0.2) is 0 Å². The number of carbonyl (C=O) groups is 1. The van der Waals surface area contributed by atoms with E-state index in [1.807, 2.05) is 0 Å². The van der Waals surface area contributed by atoms with Crippen molar-refractivity contribution in [2.75, 3.05) is 13.2 Å². The summed E-state index contributed by atoms with van der Waals surface area (Å²) in [4.78, 5) is 11.0. The van der Waals surface area contributed by atoms with Gasteiger partial charge in [-0.2, -0.15) is 0 Å². The zero-order valence-electron chi connectivity index (χ0n) is 9.09. The predicted octanol–water partition coefficient (Wildman–Crippen LogP) is -1.34. The lowest BCUT2D eigenvalue weighted by molar-refractivity contribution is -0.143. The summed E-state index contributed by atoms with van der Waals surface area (Å²) in [5.74, 6) is -0.962. The Morgan fingerprint density at radius 1 is 1.50 bits per heavy atom. The minimum atomic E-state index is -1.37. The maximum Gasteiger partial charge on any atom is 0.451 e. The third-order valence-electron chi connectivity index (χ3n) is 3.28. The number of aliphatic hydroxyl groups excluding tert-OH is 1. The normalized spacial score (nSPS) is 29.3. The van der Waals surface area contributed by atoms with Crippen LogP contribution in [0.5, 0.6) is 0 Å². The molecule has 0 aromatic carbocycles. The van der Waals surface area contributed by atoms with Gasteiger partial charge in [0.05, 0.1) is 6.61 Å². The van der Waals surface area contributed by atoms with Crippen LogP contribution in [-0.4, -0.2) is 52.5 Å². The van der Waals surface area contributed by atoms with Crippen molar-refractivity contribution in [3.63, 3.8) is 0 Å². The lowest BCUT2D eigenvalue weighted by Gasteiger charge is -2.30. The van der Waals surface area contributed by atoms with Gasteiger partial charge < -0.3 is 25.6 Å². The second kappa shape index (κ2) is 5.63. The second-order valence-electron chi connectivity index (χ2n) is 4.37. The summed E-state index contributed by atoms with van der Waals surface area (Å²) in [5, 5.41) is 38.7. The zero-order chi connectivity index (χ0) is 12.2. The number of nitrogens with one attached hydrogen (secondary N) is 1. The molecule has 0 bridgehead atoms. The molecule has 0 radical (unpaired) electrons. The molecule has 0 aromatic heterocycles. The van der Waals surface area contributed by atoms with E-state index in [0.717, 1.165) is 0 Å². The van der Waals surface area contributed by atoms with Crippen molar-refractivity contribution in [1.29, 1.82) is 0 Å². The van der Waals surface area contributed by atoms with Crippen LogP contribution in [-0.2, 0) is 4.79 Å². The monoisotopic (exact) mass is 231 g/mol. The van der Waals surface area contributed by atoms with Crippen molar-refractivity contribution < 1.29 is 25.1 Å². The number of hydrogen-bond donors (Lipinski definition) is 5. The van der Waals surface area contributed by atoms with E-state index in [2.05, 4.69) is 5.32 Å². The van der Waals surface area contributed by atoms with E-state index in [4.69, 9.17) is 15.2 Å². The summed E-state index contributed by atoms with van der Waals surface area (Å²) in [6.07, 6.45) is 1.77. The Balaban J connectivity index is 2.58. The second-order valence-corrected chi connectivity index (χ2v) is 4.37. The highest BCUT2D eigenvalue weighted by molar-refractivity contribution is 6.40. The fourth-order valence-electron chi connectivity index (χ4n) is 2.33. The average Bonchev–Trinajstić information content (AvgIpc) is 2.62. The molecule has 0 aromatic rings. The van der Waals surface area contributed by atoms with Crippen molar-refractivity contribution in [1.82, 2.24) is 5.32 Å². The van der Waals surface area contributed by atoms with Crippen LogP contribution >= 0.6 is 0 Å². The Morgan fingerprint density at radius 3 is 2.69 bits per heavy atom. The van der Waals surface area contributed by atoms with Gasteiger partial charge >= 0.3 is 13.1 Å². The van der Waals surface area contributed by atoms with Gasteiger partial charge in [-0.1, -0.05) is 6.42 Å². The fourth-order valence-corrected chi connectivity index (χ4v) is 2.33. The molecule has 0 aliphatic carbocycles. The van der Waals surface area contributed by atoms with Crippen LogP contribution < -0.4 is 5.32 Å². The minimum absolute atomic E-state index is 0.196. The Labute approximate surface area is 94.4 Å². The molecule has 0 saturated carbocycles. The first-order valence-electron chi connectivity index (χ1n) is 5.45. The summed E-state index contributed by atoms with van der Waals surface area (Å²) in [6, 6.07) is -0.742. The molecule has 1 aliphatic heterocycles. The first-order chi connectivity index (χ1) is 7.52. The molecule has 16 heavy (non-hydrogen) atoms. The molecule has 0 amide bonds. The maximum atomic E-state index is 11.0. The van der Waals surface area contributed by atoms with Crippen molar-refractivity contribution in [2.45, 2.75) is 31.6 Å². The van der Waals surface area contributed by atoms with E-state index < -0.39 is 24.5 Å². The highest BCUT2D eigenvalue weighted by Crippen LogP contribution is 2.36. The van der Waals surface area contributed by atoms with E-state index in [1.165, 1.54) is 0 Å². The maximum absolute atomic E-state index is 11.0. The van der Waals surface area contributed by atoms with Gasteiger partial charge in [-0.15, -0.1) is 0 Å². The van der Waals surface area contributed by atoms with Gasteiger partial charge in [0, 0.05) is 5.41 Å². The van der Waals surface area contributed by atoms with Crippen LogP contribution in [0, 0.1) is 5.41 Å². The van der Waals surface area contributed by atoms with Crippen LogP contribution in [0.2, 0.25) is 6.32 Å². The number of rotatable bonds is 6. The molecular weight excluding hydrogens is 213 g/mol. The molecule has 1 saturated heterocycles. The summed E-state index contributed by atoms with van der Waals surface area (Å²) < 4.78 is 0. The molecule has 1 fully saturated rings.